The molecule has 1 saturated heterocycles. The second-order valence-electron chi connectivity index (χ2n) is 8.28. The van der Waals surface area contributed by atoms with E-state index >= 15 is 0 Å². The maximum atomic E-state index is 13.5. The molecule has 5 heterocycles. The Hall–Kier alpha value is -3.79. The van der Waals surface area contributed by atoms with Gasteiger partial charge < -0.3 is 10.2 Å². The molecule has 0 aliphatic carbocycles. The van der Waals surface area contributed by atoms with Gasteiger partial charge in [-0.25, -0.2) is 14.4 Å². The average Bonchev–Trinajstić information content (AvgIpc) is 3.29. The zero-order valence-corrected chi connectivity index (χ0v) is 19.1. The first-order chi connectivity index (χ1) is 16.5. The number of likely N-dealkylation sites (tertiary alicyclic amines) is 1. The average molecular weight is 477 g/mol. The van der Waals surface area contributed by atoms with Crippen LogP contribution in [-0.4, -0.2) is 49.6 Å². The summed E-state index contributed by atoms with van der Waals surface area (Å²) >= 11 is 1.41. The van der Waals surface area contributed by atoms with E-state index in [0.29, 0.717) is 46.5 Å². The van der Waals surface area contributed by atoms with E-state index in [1.807, 2.05) is 18.4 Å². The Bertz CT molecular complexity index is 1360. The molecule has 0 saturated carbocycles. The third-order valence-electron chi connectivity index (χ3n) is 5.78. The van der Waals surface area contributed by atoms with Crippen molar-refractivity contribution in [1.82, 2.24) is 24.8 Å². The molecule has 4 aromatic rings. The van der Waals surface area contributed by atoms with Gasteiger partial charge in [-0.1, -0.05) is 0 Å². The minimum atomic E-state index is -0.425. The molecule has 1 aliphatic rings. The van der Waals surface area contributed by atoms with Crippen molar-refractivity contribution in [2.24, 2.45) is 5.92 Å². The number of Topliss-reactive ketones (excluding diaryl/α,β-unsaturated/α-hetero) is 1. The van der Waals surface area contributed by atoms with Gasteiger partial charge in [-0.3, -0.25) is 19.6 Å². The number of pyridine rings is 2. The van der Waals surface area contributed by atoms with E-state index in [0.717, 1.165) is 6.20 Å². The normalized spacial score (nSPS) is 14.6. The molecular weight excluding hydrogens is 455 g/mol. The summed E-state index contributed by atoms with van der Waals surface area (Å²) in [4.78, 5) is 44.3. The number of rotatable bonds is 7. The predicted octanol–water partition coefficient (Wildman–Crippen LogP) is 4.14. The Morgan fingerprint density at radius 3 is 2.82 bits per heavy atom. The van der Waals surface area contributed by atoms with E-state index in [9.17, 15) is 14.0 Å². The van der Waals surface area contributed by atoms with Crippen LogP contribution in [0.4, 0.5) is 10.3 Å². The van der Waals surface area contributed by atoms with E-state index in [2.05, 4.69) is 25.3 Å². The fourth-order valence-electron chi connectivity index (χ4n) is 3.94. The molecule has 1 aliphatic heterocycles. The Kier molecular flexibility index (Phi) is 5.97. The third-order valence-corrected chi connectivity index (χ3v) is 6.69. The number of nitrogens with one attached hydrogen (secondary N) is 1. The molecule has 0 bridgehead atoms. The number of hydrogen-bond acceptors (Lipinski definition) is 8. The lowest BCUT2D eigenvalue weighted by molar-refractivity contribution is 0.0466. The van der Waals surface area contributed by atoms with Crippen LogP contribution in [0.3, 0.4) is 0 Å². The van der Waals surface area contributed by atoms with Crippen LogP contribution in [-0.2, 0) is 0 Å². The number of nitrogens with zero attached hydrogens (tertiary/aromatic N) is 5. The molecule has 0 aromatic carbocycles. The molecule has 1 N–H and O–H groups in total. The molecule has 8 nitrogen and oxygen atoms in total. The summed E-state index contributed by atoms with van der Waals surface area (Å²) < 4.78 is 14.3. The topological polar surface area (TPSA) is 101 Å². The van der Waals surface area contributed by atoms with Crippen LogP contribution in [0.1, 0.15) is 45.8 Å². The largest absolute Gasteiger partial charge is 0.348 e. The molecule has 1 fully saturated rings. The molecule has 0 unspecified atom stereocenters. The first kappa shape index (κ1) is 22.0. The summed E-state index contributed by atoms with van der Waals surface area (Å²) in [6.45, 7) is 2.84. The molecule has 0 radical (unpaired) electrons. The zero-order valence-electron chi connectivity index (χ0n) is 18.3. The number of carbonyl (C=O) groups excluding carboxylic acids is 2. The SMILES string of the molecule is C[C@H](Nc1nc(C(=O)N2CC(CC(=O)c3cccnc3)C2)c2sccc2n1)c1cncc(F)c1. The van der Waals surface area contributed by atoms with E-state index in [1.165, 1.54) is 17.4 Å². The van der Waals surface area contributed by atoms with Gasteiger partial charge in [0.2, 0.25) is 5.95 Å². The second-order valence-corrected chi connectivity index (χ2v) is 9.19. The van der Waals surface area contributed by atoms with Gasteiger partial charge in [-0.15, -0.1) is 11.3 Å². The molecule has 4 aromatic heterocycles. The van der Waals surface area contributed by atoms with E-state index < -0.39 is 5.82 Å². The number of hydrogen-bond donors (Lipinski definition) is 1. The smallest absolute Gasteiger partial charge is 0.274 e. The van der Waals surface area contributed by atoms with Crippen LogP contribution in [0.15, 0.2) is 54.4 Å². The van der Waals surface area contributed by atoms with Crippen molar-refractivity contribution in [2.45, 2.75) is 19.4 Å². The minimum absolute atomic E-state index is 0.0280. The van der Waals surface area contributed by atoms with Crippen molar-refractivity contribution >= 4 is 39.2 Å². The molecular formula is C24H21FN6O2S. The molecule has 10 heteroatoms. The molecule has 1 atom stereocenters. The highest BCUT2D eigenvalue weighted by Crippen LogP contribution is 2.29. The summed E-state index contributed by atoms with van der Waals surface area (Å²) in [5.41, 5.74) is 2.22. The summed E-state index contributed by atoms with van der Waals surface area (Å²) in [5, 5.41) is 5.01. The maximum absolute atomic E-state index is 13.5. The summed E-state index contributed by atoms with van der Waals surface area (Å²) in [6.07, 6.45) is 6.29. The van der Waals surface area contributed by atoms with Crippen LogP contribution in [0.5, 0.6) is 0 Å². The van der Waals surface area contributed by atoms with Crippen LogP contribution < -0.4 is 5.32 Å². The fourth-order valence-corrected chi connectivity index (χ4v) is 4.75. The highest BCUT2D eigenvalue weighted by Gasteiger charge is 2.34. The van der Waals surface area contributed by atoms with Gasteiger partial charge in [0.25, 0.3) is 5.91 Å². The number of ketones is 1. The number of halogens is 1. The standard InChI is InChI=1S/C24H21FN6O2S/c1-14(17-8-18(25)11-27-10-17)28-24-29-19-4-6-34-22(19)21(30-24)23(33)31-12-15(13-31)7-20(32)16-3-2-5-26-9-16/h2-6,8-11,14-15H,7,12-13H2,1H3,(H,28,29,30)/t14-/m0/s1. The summed E-state index contributed by atoms with van der Waals surface area (Å²) in [7, 11) is 0. The van der Waals surface area contributed by atoms with E-state index in [4.69, 9.17) is 0 Å². The lowest BCUT2D eigenvalue weighted by atomic mass is 9.92. The lowest BCUT2D eigenvalue weighted by Crippen LogP contribution is -2.50. The predicted molar refractivity (Wildman–Crippen MR) is 126 cm³/mol. The minimum Gasteiger partial charge on any atom is -0.348 e. The number of fused-ring (bicyclic) bond motifs is 1. The first-order valence-corrected chi connectivity index (χ1v) is 11.7. The first-order valence-electron chi connectivity index (χ1n) is 10.8. The monoisotopic (exact) mass is 476 g/mol. The van der Waals surface area contributed by atoms with Gasteiger partial charge in [-0.05, 0) is 42.1 Å². The highest BCUT2D eigenvalue weighted by atomic mass is 32.1. The van der Waals surface area contributed by atoms with E-state index in [1.54, 1.807) is 35.6 Å². The summed E-state index contributed by atoms with van der Waals surface area (Å²) in [5.74, 6) is -0.195. The Morgan fingerprint density at radius 1 is 1.21 bits per heavy atom. The Morgan fingerprint density at radius 2 is 2.06 bits per heavy atom. The molecule has 0 spiro atoms. The molecule has 34 heavy (non-hydrogen) atoms. The van der Waals surface area contributed by atoms with Crippen molar-refractivity contribution in [1.29, 1.82) is 0 Å². The second kappa shape index (κ2) is 9.22. The van der Waals surface area contributed by atoms with Crippen molar-refractivity contribution < 1.29 is 14.0 Å². The third kappa shape index (κ3) is 4.49. The van der Waals surface area contributed by atoms with Crippen LogP contribution >= 0.6 is 11.3 Å². The van der Waals surface area contributed by atoms with Crippen molar-refractivity contribution in [3.8, 4) is 0 Å². The van der Waals surface area contributed by atoms with Crippen molar-refractivity contribution in [3.63, 3.8) is 0 Å². The maximum Gasteiger partial charge on any atom is 0.274 e. The number of anilines is 1. The number of aromatic nitrogens is 4. The number of carbonyl (C=O) groups is 2. The number of thiophene rings is 1. The van der Waals surface area contributed by atoms with Gasteiger partial charge in [0.05, 0.1) is 22.5 Å². The molecule has 1 amide bonds. The lowest BCUT2D eigenvalue weighted by Gasteiger charge is -2.38. The van der Waals surface area contributed by atoms with Crippen LogP contribution in [0, 0.1) is 11.7 Å². The van der Waals surface area contributed by atoms with E-state index in [-0.39, 0.29) is 29.6 Å². The quantitative estimate of drug-likeness (QED) is 0.400. The Labute approximate surface area is 198 Å². The molecule has 5 rings (SSSR count). The fraction of sp³-hybridized carbons (Fsp3) is 0.250. The van der Waals surface area contributed by atoms with Gasteiger partial charge in [0.1, 0.15) is 5.82 Å². The summed E-state index contributed by atoms with van der Waals surface area (Å²) in [6, 6.07) is 6.41. The van der Waals surface area contributed by atoms with Gasteiger partial charge in [0.15, 0.2) is 11.5 Å². The van der Waals surface area contributed by atoms with Crippen molar-refractivity contribution in [2.75, 3.05) is 18.4 Å². The van der Waals surface area contributed by atoms with Gasteiger partial charge in [0, 0.05) is 49.6 Å². The van der Waals surface area contributed by atoms with Crippen molar-refractivity contribution in [3.05, 3.63) is 77.1 Å². The van der Waals surface area contributed by atoms with Crippen LogP contribution in [0.25, 0.3) is 10.2 Å². The van der Waals surface area contributed by atoms with Gasteiger partial charge >= 0.3 is 0 Å². The van der Waals surface area contributed by atoms with Crippen LogP contribution in [0.2, 0.25) is 0 Å². The highest BCUT2D eigenvalue weighted by molar-refractivity contribution is 7.17. The Balaban J connectivity index is 1.29. The molecule has 172 valence electrons. The number of amides is 1. The zero-order chi connectivity index (χ0) is 23.7. The van der Waals surface area contributed by atoms with Gasteiger partial charge in [-0.2, -0.15) is 0 Å².